The van der Waals surface area contributed by atoms with Crippen molar-refractivity contribution in [2.75, 3.05) is 13.2 Å². The van der Waals surface area contributed by atoms with Gasteiger partial charge < -0.3 is 15.6 Å². The number of carboxylic acid groups (broad SMARTS) is 1. The van der Waals surface area contributed by atoms with Crippen molar-refractivity contribution in [1.82, 2.24) is 5.01 Å². The summed E-state index contributed by atoms with van der Waals surface area (Å²) in [6, 6.07) is 19.3. The number of guanidine groups is 1. The van der Waals surface area contributed by atoms with Crippen molar-refractivity contribution in [1.29, 1.82) is 0 Å². The number of halogens is 3. The molecule has 13 heteroatoms. The minimum Gasteiger partial charge on any atom is -0.482 e. The highest BCUT2D eigenvalue weighted by Crippen LogP contribution is 2.35. The van der Waals surface area contributed by atoms with Gasteiger partial charge in [0.1, 0.15) is 10.6 Å². The number of alkyl halides is 3. The Kier molecular flexibility index (Phi) is 7.39. The van der Waals surface area contributed by atoms with Crippen molar-refractivity contribution in [3.8, 4) is 5.75 Å². The summed E-state index contributed by atoms with van der Waals surface area (Å²) in [5.74, 6) is -1.80. The highest BCUT2D eigenvalue weighted by Gasteiger charge is 2.37. The number of carboxylic acids is 1. The Morgan fingerprint density at radius 2 is 1.68 bits per heavy atom. The van der Waals surface area contributed by atoms with E-state index in [-0.39, 0.29) is 12.5 Å². The van der Waals surface area contributed by atoms with Gasteiger partial charge in [0.25, 0.3) is 10.0 Å². The summed E-state index contributed by atoms with van der Waals surface area (Å²) < 4.78 is 74.4. The molecular formula is C25H21F3N4O5S. The zero-order chi connectivity index (χ0) is 27.5. The molecule has 1 atom stereocenters. The van der Waals surface area contributed by atoms with Crippen molar-refractivity contribution < 1.29 is 36.2 Å². The Bertz CT molecular complexity index is 1490. The van der Waals surface area contributed by atoms with Gasteiger partial charge in [-0.25, -0.2) is 9.80 Å². The van der Waals surface area contributed by atoms with Gasteiger partial charge in [-0.05, 0) is 47.5 Å². The van der Waals surface area contributed by atoms with Crippen molar-refractivity contribution in [3.05, 3.63) is 95.6 Å². The van der Waals surface area contributed by atoms with Crippen molar-refractivity contribution in [2.24, 2.45) is 15.2 Å². The van der Waals surface area contributed by atoms with E-state index in [0.29, 0.717) is 23.1 Å². The molecule has 0 saturated carbocycles. The monoisotopic (exact) mass is 546 g/mol. The standard InChI is InChI=1S/C25H21F3N4O5S/c26-25(27,28)20-8-4-5-9-21(20)38(35,36)31-24(29)32-14-19(16-6-2-1-3-7-16)23(30-32)17-10-12-18(13-11-17)37-15-22(33)34/h1-13,19H,14-15H2,(H2,29,31)(H,33,34). The van der Waals surface area contributed by atoms with E-state index in [2.05, 4.69) is 9.50 Å². The third-order valence-corrected chi connectivity index (χ3v) is 6.92. The fourth-order valence-corrected chi connectivity index (χ4v) is 5.02. The van der Waals surface area contributed by atoms with Crippen molar-refractivity contribution >= 4 is 27.7 Å². The quantitative estimate of drug-likeness (QED) is 0.341. The molecule has 1 heterocycles. The summed E-state index contributed by atoms with van der Waals surface area (Å²) in [7, 11) is -4.83. The SMILES string of the molecule is N/C(=N\S(=O)(=O)c1ccccc1C(F)(F)F)N1CC(c2ccccc2)C(c2ccc(OCC(=O)O)cc2)=N1. The normalized spacial score (nSPS) is 16.3. The first-order chi connectivity index (χ1) is 18.0. The highest BCUT2D eigenvalue weighted by molar-refractivity contribution is 7.90. The van der Waals surface area contributed by atoms with Crippen LogP contribution in [0, 0.1) is 0 Å². The lowest BCUT2D eigenvalue weighted by Crippen LogP contribution is -2.33. The lowest BCUT2D eigenvalue weighted by atomic mass is 9.90. The van der Waals surface area contributed by atoms with E-state index in [9.17, 15) is 26.4 Å². The van der Waals surface area contributed by atoms with Crippen LogP contribution in [0.3, 0.4) is 0 Å². The maximum atomic E-state index is 13.4. The van der Waals surface area contributed by atoms with Gasteiger partial charge in [-0.2, -0.15) is 26.7 Å². The molecule has 0 radical (unpaired) electrons. The maximum Gasteiger partial charge on any atom is 0.417 e. The number of nitrogens with zero attached hydrogens (tertiary/aromatic N) is 3. The zero-order valence-corrected chi connectivity index (χ0v) is 20.4. The summed E-state index contributed by atoms with van der Waals surface area (Å²) >= 11 is 0. The highest BCUT2D eigenvalue weighted by atomic mass is 32.2. The van der Waals surface area contributed by atoms with Gasteiger partial charge in [0, 0.05) is 5.92 Å². The molecule has 0 amide bonds. The van der Waals surface area contributed by atoms with Gasteiger partial charge in [0.05, 0.1) is 17.8 Å². The number of ether oxygens (including phenoxy) is 1. The summed E-state index contributed by atoms with van der Waals surface area (Å²) in [6.45, 7) is -0.442. The Labute approximate surface area is 215 Å². The molecule has 3 aromatic carbocycles. The molecule has 0 aliphatic carbocycles. The molecule has 0 saturated heterocycles. The molecule has 38 heavy (non-hydrogen) atoms. The molecule has 3 aromatic rings. The third kappa shape index (κ3) is 5.94. The van der Waals surface area contributed by atoms with Crippen LogP contribution in [-0.2, 0) is 21.0 Å². The molecule has 0 fully saturated rings. The van der Waals surface area contributed by atoms with E-state index in [0.717, 1.165) is 28.8 Å². The van der Waals surface area contributed by atoms with Crippen molar-refractivity contribution in [2.45, 2.75) is 17.0 Å². The van der Waals surface area contributed by atoms with Crippen LogP contribution in [0.25, 0.3) is 0 Å². The Morgan fingerprint density at radius 3 is 2.32 bits per heavy atom. The Morgan fingerprint density at radius 1 is 1.05 bits per heavy atom. The Hall–Kier alpha value is -4.39. The first-order valence-corrected chi connectivity index (χ1v) is 12.5. The molecular weight excluding hydrogens is 525 g/mol. The third-order valence-electron chi connectivity index (χ3n) is 5.58. The summed E-state index contributed by atoms with van der Waals surface area (Å²) in [4.78, 5) is 9.72. The van der Waals surface area contributed by atoms with E-state index >= 15 is 0 Å². The van der Waals surface area contributed by atoms with Crippen LogP contribution in [-0.4, -0.2) is 49.3 Å². The predicted octanol–water partition coefficient (Wildman–Crippen LogP) is 3.68. The molecule has 3 N–H and O–H groups in total. The second kappa shape index (κ2) is 10.5. The predicted molar refractivity (Wildman–Crippen MR) is 132 cm³/mol. The van der Waals surface area contributed by atoms with Crippen molar-refractivity contribution in [3.63, 3.8) is 0 Å². The first-order valence-electron chi connectivity index (χ1n) is 11.1. The summed E-state index contributed by atoms with van der Waals surface area (Å²) in [6.07, 6.45) is -4.91. The second-order valence-electron chi connectivity index (χ2n) is 8.16. The topological polar surface area (TPSA) is 135 Å². The molecule has 1 unspecified atom stereocenters. The number of hydrazone groups is 1. The molecule has 198 valence electrons. The van der Waals surface area contributed by atoms with Gasteiger partial charge in [0.15, 0.2) is 6.61 Å². The number of carbonyl (C=O) groups is 1. The minimum atomic E-state index is -4.91. The molecule has 4 rings (SSSR count). The fraction of sp³-hybridized carbons (Fsp3) is 0.160. The van der Waals surface area contributed by atoms with Gasteiger partial charge >= 0.3 is 12.1 Å². The van der Waals surface area contributed by atoms with E-state index in [1.807, 2.05) is 30.3 Å². The largest absolute Gasteiger partial charge is 0.482 e. The van der Waals surface area contributed by atoms with E-state index < -0.39 is 45.2 Å². The lowest BCUT2D eigenvalue weighted by Gasteiger charge is -2.16. The van der Waals surface area contributed by atoms with E-state index in [1.54, 1.807) is 24.3 Å². The summed E-state index contributed by atoms with van der Waals surface area (Å²) in [5.41, 5.74) is 6.55. The first kappa shape index (κ1) is 26.7. The molecule has 0 aromatic heterocycles. The van der Waals surface area contributed by atoms with Crippen LogP contribution in [0.5, 0.6) is 5.75 Å². The van der Waals surface area contributed by atoms with Gasteiger partial charge in [-0.3, -0.25) is 0 Å². The van der Waals surface area contributed by atoms with Crippen LogP contribution in [0.2, 0.25) is 0 Å². The van der Waals surface area contributed by atoms with E-state index in [4.69, 9.17) is 15.6 Å². The lowest BCUT2D eigenvalue weighted by molar-refractivity contribution is -0.140. The molecule has 0 spiro atoms. The average Bonchev–Trinajstić information content (AvgIpc) is 3.33. The van der Waals surface area contributed by atoms with Gasteiger partial charge in [-0.1, -0.05) is 42.5 Å². The second-order valence-corrected chi connectivity index (χ2v) is 9.73. The smallest absolute Gasteiger partial charge is 0.417 e. The minimum absolute atomic E-state index is 0.0718. The molecule has 1 aliphatic heterocycles. The number of nitrogens with two attached hydrogens (primary N) is 1. The van der Waals surface area contributed by atoms with Crippen LogP contribution in [0.1, 0.15) is 22.6 Å². The van der Waals surface area contributed by atoms with Crippen LogP contribution in [0.15, 0.2) is 93.3 Å². The number of hydrogen-bond acceptors (Lipinski definition) is 5. The van der Waals surface area contributed by atoms with Crippen LogP contribution in [0.4, 0.5) is 13.2 Å². The molecule has 9 nitrogen and oxygen atoms in total. The molecule has 1 aliphatic rings. The average molecular weight is 547 g/mol. The number of aliphatic carboxylic acids is 1. The molecule has 0 bridgehead atoms. The number of benzene rings is 3. The number of rotatable bonds is 7. The number of hydrogen-bond donors (Lipinski definition) is 2. The number of sulfonamides is 1. The maximum absolute atomic E-state index is 13.4. The fourth-order valence-electron chi connectivity index (χ4n) is 3.86. The Balaban J connectivity index is 1.69. The van der Waals surface area contributed by atoms with Gasteiger partial charge in [-0.15, -0.1) is 4.40 Å². The zero-order valence-electron chi connectivity index (χ0n) is 19.5. The van der Waals surface area contributed by atoms with Crippen LogP contribution < -0.4 is 10.5 Å². The van der Waals surface area contributed by atoms with Crippen LogP contribution >= 0.6 is 0 Å². The van der Waals surface area contributed by atoms with E-state index in [1.165, 1.54) is 0 Å². The summed E-state index contributed by atoms with van der Waals surface area (Å²) in [5, 5.41) is 14.3. The van der Waals surface area contributed by atoms with Gasteiger partial charge in [0.2, 0.25) is 5.96 Å².